The van der Waals surface area contributed by atoms with Crippen LogP contribution in [-0.2, 0) is 0 Å². The Kier molecular flexibility index (Phi) is 12.3. The Bertz CT molecular complexity index is 1970. The van der Waals surface area contributed by atoms with Gasteiger partial charge < -0.3 is 30.2 Å². The molecule has 2 unspecified atom stereocenters. The van der Waals surface area contributed by atoms with Crippen LogP contribution in [0.15, 0.2) is 102 Å². The number of piperidine rings is 2. The number of hydrogen-bond donors (Lipinski definition) is 3. The van der Waals surface area contributed by atoms with Crippen molar-refractivity contribution in [2.24, 2.45) is 0 Å². The number of aromatic nitrogens is 3. The molecular weight excluding hydrogens is 730 g/mol. The molecule has 0 aliphatic carbocycles. The number of thiazole rings is 1. The van der Waals surface area contributed by atoms with E-state index in [1.807, 2.05) is 25.1 Å². The summed E-state index contributed by atoms with van der Waals surface area (Å²) in [4.78, 5) is 18.1. The van der Waals surface area contributed by atoms with Crippen molar-refractivity contribution in [3.05, 3.63) is 123 Å². The van der Waals surface area contributed by atoms with Crippen molar-refractivity contribution in [3.63, 3.8) is 0 Å². The van der Waals surface area contributed by atoms with Gasteiger partial charge in [0.1, 0.15) is 16.6 Å². The van der Waals surface area contributed by atoms with Crippen LogP contribution in [0.4, 0.5) is 0 Å². The Morgan fingerprint density at radius 2 is 1.37 bits per heavy atom. The monoisotopic (exact) mass is 779 g/mol. The zero-order valence-electron chi connectivity index (χ0n) is 30.4. The third-order valence-corrected chi connectivity index (χ3v) is 11.8. The SMILES string of the molecule is CCOc1cccc(C(NC2CCN(C)CC2)c2nc3ccccc3[nH]2)c1.CN1CCC(NC(c2cccc(Br)c2)c2nc3ccccc3s2)CC1. The molecule has 2 atom stereocenters. The highest BCUT2D eigenvalue weighted by Crippen LogP contribution is 2.33. The lowest BCUT2D eigenvalue weighted by Crippen LogP contribution is -2.42. The second-order valence-corrected chi connectivity index (χ2v) is 16.1. The Hall–Kier alpha value is -3.64. The van der Waals surface area contributed by atoms with Crippen molar-refractivity contribution in [1.82, 2.24) is 35.4 Å². The van der Waals surface area contributed by atoms with E-state index in [2.05, 4.69) is 134 Å². The van der Waals surface area contributed by atoms with Gasteiger partial charge in [-0.1, -0.05) is 64.5 Å². The van der Waals surface area contributed by atoms with Crippen LogP contribution in [0.1, 0.15) is 66.6 Å². The van der Waals surface area contributed by atoms with Gasteiger partial charge in [0.2, 0.25) is 0 Å². The third-order valence-electron chi connectivity index (χ3n) is 10.2. The van der Waals surface area contributed by atoms with Crippen LogP contribution < -0.4 is 15.4 Å². The summed E-state index contributed by atoms with van der Waals surface area (Å²) in [6, 6.07) is 34.7. The number of benzene rings is 4. The molecule has 272 valence electrons. The first kappa shape index (κ1) is 36.7. The Labute approximate surface area is 320 Å². The smallest absolute Gasteiger partial charge is 0.129 e. The summed E-state index contributed by atoms with van der Waals surface area (Å²) in [7, 11) is 4.40. The molecule has 10 heteroatoms. The van der Waals surface area contributed by atoms with Crippen LogP contribution >= 0.6 is 27.3 Å². The number of likely N-dealkylation sites (tertiary alicyclic amines) is 2. The molecule has 8 rings (SSSR count). The molecule has 2 saturated heterocycles. The maximum absolute atomic E-state index is 5.73. The summed E-state index contributed by atoms with van der Waals surface area (Å²) in [5.74, 6) is 1.87. The Balaban J connectivity index is 0.000000162. The number of halogens is 1. The molecule has 2 aliphatic rings. The van der Waals surface area contributed by atoms with Crippen molar-refractivity contribution in [1.29, 1.82) is 0 Å². The van der Waals surface area contributed by atoms with Gasteiger partial charge in [0.05, 0.1) is 39.9 Å². The number of nitrogens with zero attached hydrogens (tertiary/aromatic N) is 4. The van der Waals surface area contributed by atoms with Crippen LogP contribution in [-0.4, -0.2) is 83.7 Å². The molecule has 6 aromatic rings. The summed E-state index contributed by atoms with van der Waals surface area (Å²) < 4.78 is 8.10. The molecule has 4 aromatic carbocycles. The molecule has 0 radical (unpaired) electrons. The van der Waals surface area contributed by atoms with Gasteiger partial charge in [-0.3, -0.25) is 0 Å². The molecule has 0 bridgehead atoms. The molecule has 2 aromatic heterocycles. The van der Waals surface area contributed by atoms with Gasteiger partial charge in [-0.2, -0.15) is 0 Å². The largest absolute Gasteiger partial charge is 0.494 e. The fourth-order valence-electron chi connectivity index (χ4n) is 7.22. The minimum Gasteiger partial charge on any atom is -0.494 e. The van der Waals surface area contributed by atoms with E-state index in [-0.39, 0.29) is 12.1 Å². The third kappa shape index (κ3) is 9.28. The van der Waals surface area contributed by atoms with E-state index in [1.54, 1.807) is 11.3 Å². The second-order valence-electron chi connectivity index (χ2n) is 14.1. The van der Waals surface area contributed by atoms with Gasteiger partial charge in [-0.25, -0.2) is 9.97 Å². The first-order valence-corrected chi connectivity index (χ1v) is 20.2. The fraction of sp³-hybridized carbons (Fsp3) is 0.381. The molecule has 0 saturated carbocycles. The average molecular weight is 781 g/mol. The van der Waals surface area contributed by atoms with Gasteiger partial charge in [0.15, 0.2) is 0 Å². The van der Waals surface area contributed by atoms with E-state index in [0.717, 1.165) is 76.6 Å². The quantitative estimate of drug-likeness (QED) is 0.129. The lowest BCUT2D eigenvalue weighted by atomic mass is 10.0. The minimum absolute atomic E-state index is 0.0196. The molecule has 4 heterocycles. The Morgan fingerprint density at radius 3 is 2.02 bits per heavy atom. The highest BCUT2D eigenvalue weighted by molar-refractivity contribution is 9.10. The molecule has 52 heavy (non-hydrogen) atoms. The molecule has 0 spiro atoms. The summed E-state index contributed by atoms with van der Waals surface area (Å²) in [6.07, 6.45) is 4.68. The maximum Gasteiger partial charge on any atom is 0.129 e. The van der Waals surface area contributed by atoms with Crippen molar-refractivity contribution in [2.45, 2.75) is 56.8 Å². The van der Waals surface area contributed by atoms with Crippen molar-refractivity contribution in [2.75, 3.05) is 46.9 Å². The van der Waals surface area contributed by atoms with E-state index < -0.39 is 0 Å². The molecule has 3 N–H and O–H groups in total. The van der Waals surface area contributed by atoms with E-state index in [4.69, 9.17) is 14.7 Å². The molecule has 0 amide bonds. The van der Waals surface area contributed by atoms with Gasteiger partial charge in [-0.05, 0) is 133 Å². The topological polar surface area (TPSA) is 81.3 Å². The first-order chi connectivity index (χ1) is 25.4. The number of ether oxygens (including phenoxy) is 1. The minimum atomic E-state index is 0.0196. The Morgan fingerprint density at radius 1 is 0.750 bits per heavy atom. The summed E-state index contributed by atoms with van der Waals surface area (Å²) in [5.41, 5.74) is 5.62. The standard InChI is InChI=1S/C22H28N4O.C20H22BrN3S/c1-3-27-18-8-6-7-16(15-18)21(23-17-11-13-26(2)14-12-17)22-24-19-9-4-5-10-20(19)25-22;1-24-11-9-16(10-12-24)22-19(14-5-4-6-15(21)13-14)20-23-17-7-2-3-8-18(17)25-20/h4-10,15,17,21,23H,3,11-14H2,1-2H3,(H,24,25);2-8,13,16,19,22H,9-12H2,1H3. The summed E-state index contributed by atoms with van der Waals surface area (Å²) in [5, 5.41) is 8.91. The highest BCUT2D eigenvalue weighted by atomic mass is 79.9. The van der Waals surface area contributed by atoms with Crippen LogP contribution in [0, 0.1) is 0 Å². The lowest BCUT2D eigenvalue weighted by Gasteiger charge is -2.32. The number of nitrogens with one attached hydrogen (secondary N) is 3. The normalized spacial score (nSPS) is 17.5. The van der Waals surface area contributed by atoms with Gasteiger partial charge in [0.25, 0.3) is 0 Å². The van der Waals surface area contributed by atoms with Crippen molar-refractivity contribution >= 4 is 48.5 Å². The van der Waals surface area contributed by atoms with Crippen LogP contribution in [0.2, 0.25) is 0 Å². The van der Waals surface area contributed by atoms with E-state index >= 15 is 0 Å². The number of para-hydroxylation sites is 3. The number of imidazole rings is 1. The molecule has 8 nitrogen and oxygen atoms in total. The predicted octanol–water partition coefficient (Wildman–Crippen LogP) is 8.57. The molecule has 2 fully saturated rings. The van der Waals surface area contributed by atoms with Crippen LogP contribution in [0.25, 0.3) is 21.3 Å². The zero-order valence-corrected chi connectivity index (χ0v) is 32.8. The average Bonchev–Trinajstić information content (AvgIpc) is 3.80. The number of H-pyrrole nitrogens is 1. The second kappa shape index (κ2) is 17.5. The number of fused-ring (bicyclic) bond motifs is 2. The van der Waals surface area contributed by atoms with Crippen LogP contribution in [0.3, 0.4) is 0 Å². The zero-order chi connectivity index (χ0) is 35.9. The van der Waals surface area contributed by atoms with E-state index in [0.29, 0.717) is 18.7 Å². The number of rotatable bonds is 10. The number of aromatic amines is 1. The van der Waals surface area contributed by atoms with Crippen LogP contribution in [0.5, 0.6) is 5.75 Å². The fourth-order valence-corrected chi connectivity index (χ4v) is 8.70. The molecular formula is C42H50BrN7OS. The summed E-state index contributed by atoms with van der Waals surface area (Å²) >= 11 is 5.42. The maximum atomic E-state index is 5.73. The van der Waals surface area contributed by atoms with E-state index in [1.165, 1.54) is 28.7 Å². The van der Waals surface area contributed by atoms with E-state index in [9.17, 15) is 0 Å². The lowest BCUT2D eigenvalue weighted by molar-refractivity contribution is 0.228. The van der Waals surface area contributed by atoms with Crippen molar-refractivity contribution in [3.8, 4) is 5.75 Å². The molecule has 2 aliphatic heterocycles. The van der Waals surface area contributed by atoms with Gasteiger partial charge in [0, 0.05) is 16.6 Å². The van der Waals surface area contributed by atoms with Crippen molar-refractivity contribution < 1.29 is 4.74 Å². The number of hydrogen-bond acceptors (Lipinski definition) is 8. The highest BCUT2D eigenvalue weighted by Gasteiger charge is 2.26. The predicted molar refractivity (Wildman–Crippen MR) is 218 cm³/mol. The summed E-state index contributed by atoms with van der Waals surface area (Å²) in [6.45, 7) is 7.25. The first-order valence-electron chi connectivity index (χ1n) is 18.6. The van der Waals surface area contributed by atoms with Gasteiger partial charge in [-0.15, -0.1) is 11.3 Å². The van der Waals surface area contributed by atoms with Gasteiger partial charge >= 0.3 is 0 Å².